The first-order valence-electron chi connectivity index (χ1n) is 11.1. The number of aliphatic carboxylic acids is 2. The standard InChI is InChI=1S/C23H30N2O3.C2H2O4/c1-18(26)15-24-23(27)21-11-13-25(14-12-21)16-19-7-9-22(10-8-19)28-17-20-5-3-2-4-6-20;3-1(4)2(5)6/h2-10,18,21,26H,11-17H2,1H3,(H,24,27);(H,3,4)(H,5,6). The predicted octanol–water partition coefficient (Wildman–Crippen LogP) is 2.13. The van der Waals surface area contributed by atoms with Gasteiger partial charge in [-0.25, -0.2) is 9.59 Å². The number of rotatable bonds is 8. The lowest BCUT2D eigenvalue weighted by Crippen LogP contribution is -2.41. The Bertz CT molecular complexity index is 897. The fraction of sp³-hybridized carbons (Fsp3) is 0.400. The molecule has 9 nitrogen and oxygen atoms in total. The molecule has 1 unspecified atom stereocenters. The number of ether oxygens (including phenoxy) is 1. The number of hydrogen-bond acceptors (Lipinski definition) is 6. The van der Waals surface area contributed by atoms with Crippen LogP contribution in [0.1, 0.15) is 30.9 Å². The van der Waals surface area contributed by atoms with Gasteiger partial charge in [0.2, 0.25) is 5.91 Å². The lowest BCUT2D eigenvalue weighted by molar-refractivity contribution is -0.159. The smallest absolute Gasteiger partial charge is 0.414 e. The van der Waals surface area contributed by atoms with E-state index in [0.717, 1.165) is 43.8 Å². The highest BCUT2D eigenvalue weighted by Crippen LogP contribution is 2.21. The Hall–Kier alpha value is -3.43. The third kappa shape index (κ3) is 10.0. The number of nitrogens with one attached hydrogen (secondary N) is 1. The summed E-state index contributed by atoms with van der Waals surface area (Å²) in [5, 5.41) is 26.9. The fourth-order valence-electron chi connectivity index (χ4n) is 3.44. The number of carbonyl (C=O) groups is 3. The van der Waals surface area contributed by atoms with Gasteiger partial charge >= 0.3 is 11.9 Å². The van der Waals surface area contributed by atoms with Crippen molar-refractivity contribution in [2.24, 2.45) is 5.92 Å². The van der Waals surface area contributed by atoms with Crippen LogP contribution in [-0.2, 0) is 27.5 Å². The Morgan fingerprint density at radius 3 is 2.09 bits per heavy atom. The summed E-state index contributed by atoms with van der Waals surface area (Å²) in [4.78, 5) is 32.7. The van der Waals surface area contributed by atoms with Gasteiger partial charge in [-0.1, -0.05) is 42.5 Å². The molecule has 2 aromatic carbocycles. The van der Waals surface area contributed by atoms with Crippen LogP contribution in [0.15, 0.2) is 54.6 Å². The van der Waals surface area contributed by atoms with E-state index in [1.165, 1.54) is 5.56 Å². The molecule has 1 aliphatic heterocycles. The second-order valence-electron chi connectivity index (χ2n) is 8.17. The average Bonchev–Trinajstić information content (AvgIpc) is 2.83. The van der Waals surface area contributed by atoms with Crippen molar-refractivity contribution in [2.45, 2.75) is 39.0 Å². The molecule has 3 rings (SSSR count). The summed E-state index contributed by atoms with van der Waals surface area (Å²) >= 11 is 0. The third-order valence-corrected chi connectivity index (χ3v) is 5.29. The van der Waals surface area contributed by atoms with Crippen LogP contribution in [0.25, 0.3) is 0 Å². The Morgan fingerprint density at radius 2 is 1.56 bits per heavy atom. The largest absolute Gasteiger partial charge is 0.489 e. The van der Waals surface area contributed by atoms with Crippen LogP contribution in [0, 0.1) is 5.92 Å². The Kier molecular flexibility index (Phi) is 11.0. The van der Waals surface area contributed by atoms with Gasteiger partial charge in [0, 0.05) is 19.0 Å². The summed E-state index contributed by atoms with van der Waals surface area (Å²) in [6.45, 7) is 5.31. The van der Waals surface area contributed by atoms with E-state index >= 15 is 0 Å². The first kappa shape index (κ1) is 26.8. The number of aliphatic hydroxyl groups is 1. The maximum absolute atomic E-state index is 12.1. The van der Waals surface area contributed by atoms with Crippen molar-refractivity contribution in [3.63, 3.8) is 0 Å². The molecule has 1 heterocycles. The van der Waals surface area contributed by atoms with Crippen molar-refractivity contribution in [3.05, 3.63) is 65.7 Å². The molecule has 9 heteroatoms. The summed E-state index contributed by atoms with van der Waals surface area (Å²) in [6, 6.07) is 18.4. The number of piperidine rings is 1. The van der Waals surface area contributed by atoms with Gasteiger partial charge in [-0.2, -0.15) is 0 Å². The van der Waals surface area contributed by atoms with Crippen LogP contribution in [0.4, 0.5) is 0 Å². The zero-order valence-corrected chi connectivity index (χ0v) is 19.2. The molecule has 0 radical (unpaired) electrons. The van der Waals surface area contributed by atoms with E-state index in [1.54, 1.807) is 6.92 Å². The molecule has 0 spiro atoms. The topological polar surface area (TPSA) is 136 Å². The molecular weight excluding hydrogens is 440 g/mol. The maximum Gasteiger partial charge on any atom is 0.414 e. The number of benzene rings is 2. The van der Waals surface area contributed by atoms with Crippen LogP contribution in [-0.4, -0.2) is 63.8 Å². The van der Waals surface area contributed by atoms with Crippen molar-refractivity contribution in [1.82, 2.24) is 10.2 Å². The van der Waals surface area contributed by atoms with Crippen LogP contribution in [0.5, 0.6) is 5.75 Å². The summed E-state index contributed by atoms with van der Waals surface area (Å²) in [7, 11) is 0. The zero-order chi connectivity index (χ0) is 24.9. The number of amides is 1. The summed E-state index contributed by atoms with van der Waals surface area (Å²) in [6.07, 6.45) is 1.23. The summed E-state index contributed by atoms with van der Waals surface area (Å²) in [5.41, 5.74) is 2.41. The quantitative estimate of drug-likeness (QED) is 0.429. The number of carbonyl (C=O) groups excluding carboxylic acids is 1. The molecule has 4 N–H and O–H groups in total. The van der Waals surface area contributed by atoms with Crippen molar-refractivity contribution >= 4 is 17.8 Å². The van der Waals surface area contributed by atoms with Crippen LogP contribution >= 0.6 is 0 Å². The first-order chi connectivity index (χ1) is 16.2. The van der Waals surface area contributed by atoms with E-state index in [1.807, 2.05) is 30.3 Å². The average molecular weight is 473 g/mol. The van der Waals surface area contributed by atoms with Gasteiger partial charge in [0.1, 0.15) is 12.4 Å². The van der Waals surface area contributed by atoms with Gasteiger partial charge in [-0.3, -0.25) is 9.69 Å². The normalized spacial score (nSPS) is 14.9. The molecule has 1 saturated heterocycles. The molecule has 0 bridgehead atoms. The highest BCUT2D eigenvalue weighted by atomic mass is 16.5. The van der Waals surface area contributed by atoms with Crippen molar-refractivity contribution in [3.8, 4) is 5.75 Å². The number of carboxylic acids is 2. The monoisotopic (exact) mass is 472 g/mol. The van der Waals surface area contributed by atoms with Gasteiger partial charge in [0.25, 0.3) is 0 Å². The number of nitrogens with zero attached hydrogens (tertiary/aromatic N) is 1. The van der Waals surface area contributed by atoms with Gasteiger partial charge in [-0.15, -0.1) is 0 Å². The summed E-state index contributed by atoms with van der Waals surface area (Å²) < 4.78 is 5.84. The minimum absolute atomic E-state index is 0.0590. The third-order valence-electron chi connectivity index (χ3n) is 5.29. The van der Waals surface area contributed by atoms with Crippen LogP contribution < -0.4 is 10.1 Å². The number of likely N-dealkylation sites (tertiary alicyclic amines) is 1. The molecule has 1 amide bonds. The van der Waals surface area contributed by atoms with Crippen molar-refractivity contribution in [1.29, 1.82) is 0 Å². The molecule has 0 aromatic heterocycles. The second-order valence-corrected chi connectivity index (χ2v) is 8.17. The molecular formula is C25H32N2O7. The molecule has 1 fully saturated rings. The van der Waals surface area contributed by atoms with Crippen LogP contribution in [0.2, 0.25) is 0 Å². The molecule has 0 saturated carbocycles. The lowest BCUT2D eigenvalue weighted by Gasteiger charge is -2.31. The molecule has 34 heavy (non-hydrogen) atoms. The Labute approximate surface area is 199 Å². The van der Waals surface area contributed by atoms with Crippen molar-refractivity contribution < 1.29 is 34.4 Å². The second kappa shape index (κ2) is 14.0. The van der Waals surface area contributed by atoms with E-state index in [4.69, 9.17) is 24.5 Å². The predicted molar refractivity (Wildman–Crippen MR) is 125 cm³/mol. The molecule has 2 aromatic rings. The van der Waals surface area contributed by atoms with Gasteiger partial charge in [-0.05, 0) is 56.1 Å². The van der Waals surface area contributed by atoms with Crippen molar-refractivity contribution in [2.75, 3.05) is 19.6 Å². The van der Waals surface area contributed by atoms with E-state index in [-0.39, 0.29) is 11.8 Å². The Morgan fingerprint density at radius 1 is 0.971 bits per heavy atom. The van der Waals surface area contributed by atoms with E-state index in [9.17, 15) is 9.90 Å². The van der Waals surface area contributed by atoms with Crippen LogP contribution in [0.3, 0.4) is 0 Å². The van der Waals surface area contributed by atoms with Gasteiger partial charge < -0.3 is 25.4 Å². The molecule has 0 aliphatic carbocycles. The highest BCUT2D eigenvalue weighted by Gasteiger charge is 2.24. The Balaban J connectivity index is 0.000000604. The lowest BCUT2D eigenvalue weighted by atomic mass is 9.95. The van der Waals surface area contributed by atoms with Gasteiger partial charge in [0.05, 0.1) is 6.10 Å². The zero-order valence-electron chi connectivity index (χ0n) is 19.2. The number of aliphatic hydroxyl groups excluding tert-OH is 1. The van der Waals surface area contributed by atoms with Gasteiger partial charge in [0.15, 0.2) is 0 Å². The number of hydrogen-bond donors (Lipinski definition) is 4. The highest BCUT2D eigenvalue weighted by molar-refractivity contribution is 6.27. The minimum atomic E-state index is -1.82. The van der Waals surface area contributed by atoms with E-state index in [0.29, 0.717) is 13.2 Å². The summed E-state index contributed by atoms with van der Waals surface area (Å²) in [5.74, 6) is -2.64. The molecule has 184 valence electrons. The minimum Gasteiger partial charge on any atom is -0.489 e. The van der Waals surface area contributed by atoms with E-state index < -0.39 is 18.0 Å². The molecule has 1 aliphatic rings. The maximum atomic E-state index is 12.1. The molecule has 1 atom stereocenters. The SMILES string of the molecule is CC(O)CNC(=O)C1CCN(Cc2ccc(OCc3ccccc3)cc2)CC1.O=C(O)C(=O)O. The van der Waals surface area contributed by atoms with E-state index in [2.05, 4.69) is 34.5 Å². The fourth-order valence-corrected chi connectivity index (χ4v) is 3.44. The first-order valence-corrected chi connectivity index (χ1v) is 11.1. The number of carboxylic acid groups (broad SMARTS) is 2.